The van der Waals surface area contributed by atoms with E-state index in [-0.39, 0.29) is 10.9 Å². The number of amides is 1. The van der Waals surface area contributed by atoms with Crippen LogP contribution in [0.15, 0.2) is 36.4 Å². The average Bonchev–Trinajstić information content (AvgIpc) is 2.60. The Morgan fingerprint density at radius 3 is 2.40 bits per heavy atom. The summed E-state index contributed by atoms with van der Waals surface area (Å²) >= 11 is 12.2. The summed E-state index contributed by atoms with van der Waals surface area (Å²) in [6, 6.07) is 11.1. The van der Waals surface area contributed by atoms with E-state index >= 15 is 0 Å². The summed E-state index contributed by atoms with van der Waals surface area (Å²) in [7, 11) is 0. The van der Waals surface area contributed by atoms with Crippen LogP contribution in [0.1, 0.15) is 39.9 Å². The summed E-state index contributed by atoms with van der Waals surface area (Å²) in [4.78, 5) is 14.5. The minimum absolute atomic E-state index is 0.143. The van der Waals surface area contributed by atoms with Gasteiger partial charge in [-0.05, 0) is 55.5 Å². The molecule has 1 fully saturated rings. The number of hydrogen-bond acceptors (Lipinski definition) is 2. The zero-order valence-corrected chi connectivity index (χ0v) is 15.9. The summed E-state index contributed by atoms with van der Waals surface area (Å²) in [5.41, 5.74) is 2.75. The van der Waals surface area contributed by atoms with Crippen molar-refractivity contribution in [3.63, 3.8) is 0 Å². The molecular weight excluding hydrogens is 357 g/mol. The molecule has 0 saturated carbocycles. The monoisotopic (exact) mass is 377 g/mol. The van der Waals surface area contributed by atoms with E-state index in [1.54, 1.807) is 23.1 Å². The minimum Gasteiger partial charge on any atom is -0.385 e. The van der Waals surface area contributed by atoms with Crippen LogP contribution >= 0.6 is 23.2 Å². The highest BCUT2D eigenvalue weighted by atomic mass is 35.5. The van der Waals surface area contributed by atoms with Gasteiger partial charge in [0.05, 0.1) is 21.2 Å². The molecule has 2 aromatic rings. The normalized spacial score (nSPS) is 16.8. The maximum absolute atomic E-state index is 12.7. The van der Waals surface area contributed by atoms with Crippen molar-refractivity contribution < 1.29 is 9.90 Å². The fraction of sp³-hybridized carbons (Fsp3) is 0.350. The highest BCUT2D eigenvalue weighted by Gasteiger charge is 2.37. The molecular formula is C20H21Cl2NO2. The maximum atomic E-state index is 12.7. The smallest absolute Gasteiger partial charge is 0.255 e. The van der Waals surface area contributed by atoms with Gasteiger partial charge in [0, 0.05) is 13.1 Å². The zero-order valence-electron chi connectivity index (χ0n) is 14.4. The lowest BCUT2D eigenvalue weighted by Gasteiger charge is -2.39. The van der Waals surface area contributed by atoms with Crippen molar-refractivity contribution in [2.45, 2.75) is 32.3 Å². The Kier molecular flexibility index (Phi) is 5.10. The van der Waals surface area contributed by atoms with E-state index in [0.717, 1.165) is 16.7 Å². The van der Waals surface area contributed by atoms with Gasteiger partial charge in [0.25, 0.3) is 5.91 Å². The summed E-state index contributed by atoms with van der Waals surface area (Å²) < 4.78 is 0. The van der Waals surface area contributed by atoms with Crippen LogP contribution in [-0.4, -0.2) is 29.0 Å². The molecule has 1 N–H and O–H groups in total. The first kappa shape index (κ1) is 18.2. The Morgan fingerprint density at radius 2 is 1.72 bits per heavy atom. The number of likely N-dealkylation sites (tertiary alicyclic amines) is 1. The third-order valence-electron chi connectivity index (χ3n) is 5.17. The predicted molar refractivity (Wildman–Crippen MR) is 101 cm³/mol. The molecule has 1 heterocycles. The minimum atomic E-state index is -0.898. The van der Waals surface area contributed by atoms with E-state index < -0.39 is 5.60 Å². The fourth-order valence-electron chi connectivity index (χ4n) is 3.44. The van der Waals surface area contributed by atoms with E-state index in [2.05, 4.69) is 0 Å². The number of aliphatic hydroxyl groups is 1. The molecule has 3 nitrogen and oxygen atoms in total. The Hall–Kier alpha value is -1.55. The number of halogens is 2. The molecule has 0 spiro atoms. The zero-order chi connectivity index (χ0) is 18.2. The van der Waals surface area contributed by atoms with Crippen LogP contribution in [-0.2, 0) is 5.60 Å². The van der Waals surface area contributed by atoms with Gasteiger partial charge in [-0.2, -0.15) is 0 Å². The first-order valence-electron chi connectivity index (χ1n) is 8.36. The molecule has 0 atom stereocenters. The molecule has 0 radical (unpaired) electrons. The lowest BCUT2D eigenvalue weighted by atomic mass is 9.81. The maximum Gasteiger partial charge on any atom is 0.255 e. The summed E-state index contributed by atoms with van der Waals surface area (Å²) in [6.07, 6.45) is 1.00. The molecule has 1 amide bonds. The summed E-state index contributed by atoms with van der Waals surface area (Å²) in [6.45, 7) is 5.03. The van der Waals surface area contributed by atoms with Crippen molar-refractivity contribution in [3.05, 3.63) is 68.7 Å². The van der Waals surface area contributed by atoms with Crippen LogP contribution in [0.3, 0.4) is 0 Å². The molecule has 1 aliphatic heterocycles. The van der Waals surface area contributed by atoms with Crippen LogP contribution in [0.25, 0.3) is 0 Å². The van der Waals surface area contributed by atoms with Gasteiger partial charge in [-0.25, -0.2) is 0 Å². The van der Waals surface area contributed by atoms with Gasteiger partial charge in [0.15, 0.2) is 0 Å². The first-order valence-corrected chi connectivity index (χ1v) is 9.11. The van der Waals surface area contributed by atoms with Gasteiger partial charge in [-0.3, -0.25) is 4.79 Å². The molecule has 25 heavy (non-hydrogen) atoms. The van der Waals surface area contributed by atoms with Gasteiger partial charge in [-0.15, -0.1) is 0 Å². The Labute approximate surface area is 158 Å². The summed E-state index contributed by atoms with van der Waals surface area (Å²) in [5.74, 6) is -0.143. The molecule has 0 bridgehead atoms. The van der Waals surface area contributed by atoms with Crippen molar-refractivity contribution in [1.29, 1.82) is 0 Å². The predicted octanol–water partition coefficient (Wildman–Crippen LogP) is 4.73. The SMILES string of the molecule is Cc1cccc(C2(O)CCN(C(=O)c3cccc(Cl)c3Cl)CC2)c1C. The molecule has 0 aliphatic carbocycles. The van der Waals surface area contributed by atoms with Gasteiger partial charge in [0.1, 0.15) is 0 Å². The highest BCUT2D eigenvalue weighted by molar-refractivity contribution is 6.43. The number of piperidine rings is 1. The molecule has 2 aromatic carbocycles. The van der Waals surface area contributed by atoms with E-state index in [1.807, 2.05) is 32.0 Å². The van der Waals surface area contributed by atoms with Crippen molar-refractivity contribution >= 4 is 29.1 Å². The highest BCUT2D eigenvalue weighted by Crippen LogP contribution is 2.36. The molecule has 1 saturated heterocycles. The van der Waals surface area contributed by atoms with Gasteiger partial charge in [-0.1, -0.05) is 47.5 Å². The first-order chi connectivity index (χ1) is 11.8. The van der Waals surface area contributed by atoms with Crippen molar-refractivity contribution in [2.75, 3.05) is 13.1 Å². The van der Waals surface area contributed by atoms with E-state index in [9.17, 15) is 9.90 Å². The second-order valence-electron chi connectivity index (χ2n) is 6.67. The third-order valence-corrected chi connectivity index (χ3v) is 5.98. The molecule has 5 heteroatoms. The quantitative estimate of drug-likeness (QED) is 0.821. The van der Waals surface area contributed by atoms with Crippen molar-refractivity contribution in [2.24, 2.45) is 0 Å². The lowest BCUT2D eigenvalue weighted by molar-refractivity contribution is -0.0216. The Balaban J connectivity index is 1.78. The van der Waals surface area contributed by atoms with Crippen molar-refractivity contribution in [3.8, 4) is 0 Å². The van der Waals surface area contributed by atoms with E-state index in [0.29, 0.717) is 36.5 Å². The molecule has 1 aliphatic rings. The van der Waals surface area contributed by atoms with Gasteiger partial charge >= 0.3 is 0 Å². The van der Waals surface area contributed by atoms with E-state index in [1.165, 1.54) is 0 Å². The molecule has 0 unspecified atom stereocenters. The molecule has 132 valence electrons. The Morgan fingerprint density at radius 1 is 1.08 bits per heavy atom. The van der Waals surface area contributed by atoms with Crippen LogP contribution < -0.4 is 0 Å². The standard InChI is InChI=1S/C20H21Cl2NO2/c1-13-5-3-7-16(14(13)2)20(25)9-11-23(12-10-20)19(24)15-6-4-8-17(21)18(15)22/h3-8,25H,9-12H2,1-2H3. The topological polar surface area (TPSA) is 40.5 Å². The van der Waals surface area contributed by atoms with Crippen LogP contribution in [0.5, 0.6) is 0 Å². The summed E-state index contributed by atoms with van der Waals surface area (Å²) in [5, 5.41) is 11.8. The number of rotatable bonds is 2. The number of nitrogens with zero attached hydrogens (tertiary/aromatic N) is 1. The molecule has 3 rings (SSSR count). The second kappa shape index (κ2) is 6.99. The fourth-order valence-corrected chi connectivity index (χ4v) is 3.82. The Bertz CT molecular complexity index is 811. The second-order valence-corrected chi connectivity index (χ2v) is 7.46. The number of carbonyl (C=O) groups excluding carboxylic acids is 1. The number of aryl methyl sites for hydroxylation is 1. The van der Waals surface area contributed by atoms with Crippen LogP contribution in [0.2, 0.25) is 10.0 Å². The average molecular weight is 378 g/mol. The number of carbonyl (C=O) groups is 1. The van der Waals surface area contributed by atoms with Gasteiger partial charge in [0.2, 0.25) is 0 Å². The molecule has 0 aromatic heterocycles. The third kappa shape index (κ3) is 3.41. The van der Waals surface area contributed by atoms with Gasteiger partial charge < -0.3 is 10.0 Å². The number of hydrogen-bond donors (Lipinski definition) is 1. The van der Waals surface area contributed by atoms with Crippen LogP contribution in [0, 0.1) is 13.8 Å². The number of benzene rings is 2. The van der Waals surface area contributed by atoms with E-state index in [4.69, 9.17) is 23.2 Å². The van der Waals surface area contributed by atoms with Crippen LogP contribution in [0.4, 0.5) is 0 Å². The van der Waals surface area contributed by atoms with Crippen molar-refractivity contribution in [1.82, 2.24) is 4.90 Å². The lowest BCUT2D eigenvalue weighted by Crippen LogP contribution is -2.45. The largest absolute Gasteiger partial charge is 0.385 e.